The average Bonchev–Trinajstić information content (AvgIpc) is 3.09. The summed E-state index contributed by atoms with van der Waals surface area (Å²) in [5.41, 5.74) is 1.68. The highest BCUT2D eigenvalue weighted by molar-refractivity contribution is 5.72. The van der Waals surface area contributed by atoms with Crippen LogP contribution in [0.5, 0.6) is 17.5 Å². The van der Waals surface area contributed by atoms with Gasteiger partial charge in [0.25, 0.3) is 5.56 Å². The summed E-state index contributed by atoms with van der Waals surface area (Å²) < 4.78 is 15.4. The van der Waals surface area contributed by atoms with Crippen molar-refractivity contribution in [3.8, 4) is 17.5 Å². The van der Waals surface area contributed by atoms with Crippen molar-refractivity contribution in [3.63, 3.8) is 0 Å². The van der Waals surface area contributed by atoms with E-state index in [1.807, 2.05) is 55.5 Å². The fourth-order valence-corrected chi connectivity index (χ4v) is 3.35. The molecule has 0 atom stereocenters. The molecular weight excluding hydrogens is 384 g/mol. The molecule has 2 heterocycles. The number of fused-ring (bicyclic) bond motifs is 1. The van der Waals surface area contributed by atoms with Crippen LogP contribution < -0.4 is 20.7 Å². The number of hydrogen-bond acceptors (Lipinski definition) is 5. The topological polar surface area (TPSA) is 80.3 Å². The minimum Gasteiger partial charge on any atom is -0.497 e. The molecule has 0 unspecified atom stereocenters. The van der Waals surface area contributed by atoms with Crippen LogP contribution in [0, 0.1) is 6.92 Å². The Balaban J connectivity index is 1.91. The van der Waals surface area contributed by atoms with E-state index in [9.17, 15) is 9.59 Å². The Bertz CT molecular complexity index is 1350. The first-order valence-electron chi connectivity index (χ1n) is 9.42. The highest BCUT2D eigenvalue weighted by atomic mass is 16.5. The van der Waals surface area contributed by atoms with Gasteiger partial charge in [-0.05, 0) is 42.3 Å². The zero-order chi connectivity index (χ0) is 21.4. The lowest BCUT2D eigenvalue weighted by Gasteiger charge is -2.11. The molecule has 0 aliphatic heterocycles. The summed E-state index contributed by atoms with van der Waals surface area (Å²) in [4.78, 5) is 29.8. The highest BCUT2D eigenvalue weighted by Gasteiger charge is 2.21. The van der Waals surface area contributed by atoms with Gasteiger partial charge in [-0.15, -0.1) is 0 Å². The maximum Gasteiger partial charge on any atom is 0.332 e. The number of ether oxygens (including phenoxy) is 2. The molecule has 0 N–H and O–H groups in total. The zero-order valence-electron chi connectivity index (χ0n) is 17.2. The van der Waals surface area contributed by atoms with Crippen molar-refractivity contribution in [2.24, 2.45) is 14.1 Å². The second-order valence-corrected chi connectivity index (χ2v) is 7.13. The minimum absolute atomic E-state index is 0.240. The molecule has 2 aromatic heterocycles. The molecule has 8 nitrogen and oxygen atoms in total. The van der Waals surface area contributed by atoms with Crippen LogP contribution in [0.4, 0.5) is 0 Å². The van der Waals surface area contributed by atoms with Gasteiger partial charge in [-0.25, -0.2) is 4.79 Å². The molecule has 0 aliphatic rings. The van der Waals surface area contributed by atoms with E-state index in [0.717, 1.165) is 21.4 Å². The Morgan fingerprint density at radius 3 is 2.37 bits per heavy atom. The fourth-order valence-electron chi connectivity index (χ4n) is 3.35. The van der Waals surface area contributed by atoms with E-state index in [2.05, 4.69) is 4.98 Å². The van der Waals surface area contributed by atoms with Crippen molar-refractivity contribution in [2.75, 3.05) is 7.11 Å². The lowest BCUT2D eigenvalue weighted by Crippen LogP contribution is -2.37. The molecule has 4 aromatic rings. The quantitative estimate of drug-likeness (QED) is 0.509. The Hall–Kier alpha value is -3.81. The summed E-state index contributed by atoms with van der Waals surface area (Å²) in [5, 5.41) is 0. The first kappa shape index (κ1) is 19.5. The van der Waals surface area contributed by atoms with E-state index in [0.29, 0.717) is 17.8 Å². The van der Waals surface area contributed by atoms with E-state index < -0.39 is 11.2 Å². The van der Waals surface area contributed by atoms with Gasteiger partial charge in [-0.1, -0.05) is 24.3 Å². The molecule has 0 radical (unpaired) electrons. The number of imidazole rings is 1. The van der Waals surface area contributed by atoms with Crippen molar-refractivity contribution in [2.45, 2.75) is 13.5 Å². The predicted octanol–water partition coefficient (Wildman–Crippen LogP) is 2.59. The molecule has 0 bridgehead atoms. The molecular formula is C22H22N4O4. The number of aryl methyl sites for hydroxylation is 2. The second kappa shape index (κ2) is 7.55. The molecule has 0 saturated heterocycles. The fraction of sp³-hybridized carbons (Fsp3) is 0.227. The van der Waals surface area contributed by atoms with Crippen LogP contribution in [-0.2, 0) is 20.6 Å². The van der Waals surface area contributed by atoms with Crippen LogP contribution in [0.3, 0.4) is 0 Å². The van der Waals surface area contributed by atoms with Crippen LogP contribution in [0.15, 0.2) is 58.1 Å². The van der Waals surface area contributed by atoms with Gasteiger partial charge in [0.2, 0.25) is 0 Å². The van der Waals surface area contributed by atoms with Gasteiger partial charge in [-0.3, -0.25) is 18.5 Å². The van der Waals surface area contributed by atoms with Gasteiger partial charge < -0.3 is 9.47 Å². The summed E-state index contributed by atoms with van der Waals surface area (Å²) in [6.45, 7) is 2.31. The van der Waals surface area contributed by atoms with Gasteiger partial charge in [0.1, 0.15) is 11.5 Å². The molecule has 0 saturated carbocycles. The summed E-state index contributed by atoms with van der Waals surface area (Å²) in [7, 11) is 4.65. The first-order valence-corrected chi connectivity index (χ1v) is 9.42. The Kier molecular flexibility index (Phi) is 4.91. The third kappa shape index (κ3) is 3.36. The second-order valence-electron chi connectivity index (χ2n) is 7.13. The van der Waals surface area contributed by atoms with Crippen LogP contribution in [0.1, 0.15) is 11.1 Å². The largest absolute Gasteiger partial charge is 0.497 e. The smallest absolute Gasteiger partial charge is 0.332 e. The van der Waals surface area contributed by atoms with Crippen LogP contribution >= 0.6 is 0 Å². The molecule has 0 fully saturated rings. The van der Waals surface area contributed by atoms with Crippen LogP contribution in [0.25, 0.3) is 11.2 Å². The summed E-state index contributed by atoms with van der Waals surface area (Å²) >= 11 is 0. The number of benzene rings is 2. The maximum atomic E-state index is 12.9. The average molecular weight is 406 g/mol. The summed E-state index contributed by atoms with van der Waals surface area (Å²) in [6, 6.07) is 15.3. The van der Waals surface area contributed by atoms with Gasteiger partial charge in [-0.2, -0.15) is 4.98 Å². The summed E-state index contributed by atoms with van der Waals surface area (Å²) in [5.74, 6) is 1.34. The molecule has 30 heavy (non-hydrogen) atoms. The van der Waals surface area contributed by atoms with Crippen LogP contribution in [0.2, 0.25) is 0 Å². The van der Waals surface area contributed by atoms with Gasteiger partial charge in [0.15, 0.2) is 11.2 Å². The number of nitrogens with zero attached hydrogens (tertiary/aromatic N) is 4. The molecule has 4 rings (SSSR count). The molecule has 154 valence electrons. The number of hydrogen-bond donors (Lipinski definition) is 0. The lowest BCUT2D eigenvalue weighted by atomic mass is 10.2. The SMILES string of the molecule is COc1ccc(Cn2c(Oc3cccc(C)c3)nc3c2c(=O)n(C)c(=O)n3C)cc1. The van der Waals surface area contributed by atoms with E-state index in [1.54, 1.807) is 18.7 Å². The lowest BCUT2D eigenvalue weighted by molar-refractivity contribution is 0.414. The van der Waals surface area contributed by atoms with Crippen molar-refractivity contribution < 1.29 is 9.47 Å². The van der Waals surface area contributed by atoms with Crippen molar-refractivity contribution in [1.82, 2.24) is 18.7 Å². The standard InChI is InChI=1S/C22H22N4O4/c1-14-6-5-7-17(12-14)30-21-23-19-18(20(27)25(3)22(28)24(19)2)26(21)13-15-8-10-16(29-4)11-9-15/h5-12H,13H2,1-4H3. The van der Waals surface area contributed by atoms with Crippen molar-refractivity contribution in [3.05, 3.63) is 80.5 Å². The highest BCUT2D eigenvalue weighted by Crippen LogP contribution is 2.26. The van der Waals surface area contributed by atoms with Gasteiger partial charge in [0.05, 0.1) is 13.7 Å². The zero-order valence-corrected chi connectivity index (χ0v) is 17.2. The molecule has 2 aromatic carbocycles. The Morgan fingerprint density at radius 1 is 0.967 bits per heavy atom. The normalized spacial score (nSPS) is 11.1. The number of rotatable bonds is 5. The van der Waals surface area contributed by atoms with Crippen molar-refractivity contribution >= 4 is 11.2 Å². The monoisotopic (exact) mass is 406 g/mol. The van der Waals surface area contributed by atoms with Crippen molar-refractivity contribution in [1.29, 1.82) is 0 Å². The Morgan fingerprint density at radius 2 is 1.70 bits per heavy atom. The molecule has 0 amide bonds. The number of aromatic nitrogens is 4. The van der Waals surface area contributed by atoms with E-state index in [1.165, 1.54) is 11.6 Å². The molecule has 0 spiro atoms. The summed E-state index contributed by atoms with van der Waals surface area (Å²) in [6.07, 6.45) is 0. The van der Waals surface area contributed by atoms with Crippen LogP contribution in [-0.4, -0.2) is 25.8 Å². The predicted molar refractivity (Wildman–Crippen MR) is 114 cm³/mol. The third-order valence-corrected chi connectivity index (χ3v) is 5.01. The first-order chi connectivity index (χ1) is 14.4. The Labute approximate surface area is 172 Å². The van der Waals surface area contributed by atoms with E-state index >= 15 is 0 Å². The van der Waals surface area contributed by atoms with Gasteiger partial charge >= 0.3 is 11.7 Å². The van der Waals surface area contributed by atoms with Gasteiger partial charge in [0, 0.05) is 14.1 Å². The van der Waals surface area contributed by atoms with E-state index in [-0.39, 0.29) is 11.7 Å². The molecule has 8 heteroatoms. The maximum absolute atomic E-state index is 12.9. The third-order valence-electron chi connectivity index (χ3n) is 5.01. The van der Waals surface area contributed by atoms with E-state index in [4.69, 9.17) is 9.47 Å². The molecule has 0 aliphatic carbocycles. The minimum atomic E-state index is -0.441. The number of methoxy groups -OCH3 is 1.